The molecular weight excluding hydrogens is 368 g/mol. The Bertz CT molecular complexity index is 1150. The van der Waals surface area contributed by atoms with Crippen molar-refractivity contribution in [1.29, 1.82) is 5.26 Å². The SMILES string of the molecule is Cc1ccc(-c2nnc(Sc3cc(C#N)c4cc(Cl)ccc4n3)o2)cc1. The van der Waals surface area contributed by atoms with Crippen LogP contribution in [0.1, 0.15) is 11.1 Å². The van der Waals surface area contributed by atoms with Gasteiger partial charge in [-0.15, -0.1) is 10.2 Å². The summed E-state index contributed by atoms with van der Waals surface area (Å²) in [7, 11) is 0. The van der Waals surface area contributed by atoms with Crippen LogP contribution in [0.2, 0.25) is 5.02 Å². The van der Waals surface area contributed by atoms with Gasteiger partial charge in [-0.2, -0.15) is 5.26 Å². The van der Waals surface area contributed by atoms with Crippen molar-refractivity contribution in [2.75, 3.05) is 0 Å². The summed E-state index contributed by atoms with van der Waals surface area (Å²) in [5.74, 6) is 0.445. The predicted octanol–water partition coefficient (Wildman–Crippen LogP) is 5.27. The smallest absolute Gasteiger partial charge is 0.283 e. The van der Waals surface area contributed by atoms with Gasteiger partial charge < -0.3 is 4.42 Å². The van der Waals surface area contributed by atoms with Crippen LogP contribution in [-0.4, -0.2) is 15.2 Å². The Morgan fingerprint density at radius 1 is 1.08 bits per heavy atom. The zero-order chi connectivity index (χ0) is 18.1. The van der Waals surface area contributed by atoms with E-state index in [0.717, 1.165) is 16.5 Å². The summed E-state index contributed by atoms with van der Waals surface area (Å²) in [6.45, 7) is 2.02. The van der Waals surface area contributed by atoms with Crippen LogP contribution < -0.4 is 0 Å². The minimum Gasteiger partial charge on any atom is -0.411 e. The molecule has 0 spiro atoms. The topological polar surface area (TPSA) is 75.6 Å². The van der Waals surface area contributed by atoms with Crippen molar-refractivity contribution in [3.05, 3.63) is 64.7 Å². The lowest BCUT2D eigenvalue weighted by atomic mass is 10.1. The first-order valence-corrected chi connectivity index (χ1v) is 8.90. The van der Waals surface area contributed by atoms with Crippen LogP contribution in [-0.2, 0) is 0 Å². The number of pyridine rings is 1. The lowest BCUT2D eigenvalue weighted by molar-refractivity contribution is 0.465. The first-order valence-electron chi connectivity index (χ1n) is 7.71. The van der Waals surface area contributed by atoms with Crippen molar-refractivity contribution < 1.29 is 4.42 Å². The number of nitriles is 1. The van der Waals surface area contributed by atoms with Gasteiger partial charge in [0.05, 0.1) is 17.1 Å². The Balaban J connectivity index is 1.66. The van der Waals surface area contributed by atoms with Crippen molar-refractivity contribution in [3.8, 4) is 17.5 Å². The second kappa shape index (κ2) is 6.79. The fourth-order valence-electron chi connectivity index (χ4n) is 2.47. The van der Waals surface area contributed by atoms with Crippen LogP contribution in [0.15, 0.2) is 63.2 Å². The summed E-state index contributed by atoms with van der Waals surface area (Å²) < 4.78 is 5.71. The number of aromatic nitrogens is 3. The van der Waals surface area contributed by atoms with Crippen LogP contribution in [0.4, 0.5) is 0 Å². The van der Waals surface area contributed by atoms with Crippen LogP contribution in [0.5, 0.6) is 0 Å². The quantitative estimate of drug-likeness (QED) is 0.483. The van der Waals surface area contributed by atoms with E-state index in [1.54, 1.807) is 24.3 Å². The van der Waals surface area contributed by atoms with Crippen molar-refractivity contribution in [2.45, 2.75) is 17.2 Å². The van der Waals surface area contributed by atoms with E-state index < -0.39 is 0 Å². The molecule has 0 saturated heterocycles. The molecule has 0 atom stereocenters. The third-order valence-electron chi connectivity index (χ3n) is 3.76. The molecule has 0 saturated carbocycles. The first-order chi connectivity index (χ1) is 12.6. The summed E-state index contributed by atoms with van der Waals surface area (Å²) in [6, 6.07) is 17.0. The van der Waals surface area contributed by atoms with E-state index >= 15 is 0 Å². The molecule has 0 aliphatic heterocycles. The van der Waals surface area contributed by atoms with E-state index in [1.165, 1.54) is 11.8 Å². The molecule has 4 rings (SSSR count). The highest BCUT2D eigenvalue weighted by Crippen LogP contribution is 2.31. The Morgan fingerprint density at radius 3 is 2.65 bits per heavy atom. The number of fused-ring (bicyclic) bond motifs is 1. The fourth-order valence-corrected chi connectivity index (χ4v) is 3.35. The second-order valence-corrected chi connectivity index (χ2v) is 7.03. The zero-order valence-electron chi connectivity index (χ0n) is 13.6. The Labute approximate surface area is 158 Å². The lowest BCUT2D eigenvalue weighted by Gasteiger charge is -2.03. The van der Waals surface area contributed by atoms with Crippen molar-refractivity contribution in [2.24, 2.45) is 0 Å². The van der Waals surface area contributed by atoms with Gasteiger partial charge in [0.15, 0.2) is 0 Å². The monoisotopic (exact) mass is 378 g/mol. The van der Waals surface area contributed by atoms with E-state index in [4.69, 9.17) is 16.0 Å². The summed E-state index contributed by atoms with van der Waals surface area (Å²) in [6.07, 6.45) is 0. The molecule has 0 unspecified atom stereocenters. The molecule has 5 nitrogen and oxygen atoms in total. The van der Waals surface area contributed by atoms with Gasteiger partial charge in [-0.3, -0.25) is 0 Å². The van der Waals surface area contributed by atoms with Gasteiger partial charge >= 0.3 is 0 Å². The van der Waals surface area contributed by atoms with Crippen LogP contribution in [0.3, 0.4) is 0 Å². The molecule has 0 radical (unpaired) electrons. The van der Waals surface area contributed by atoms with Gasteiger partial charge in [-0.1, -0.05) is 29.3 Å². The first kappa shape index (κ1) is 16.6. The van der Waals surface area contributed by atoms with Gasteiger partial charge in [-0.05, 0) is 55.1 Å². The summed E-state index contributed by atoms with van der Waals surface area (Å²) >= 11 is 7.23. The third kappa shape index (κ3) is 3.27. The molecule has 0 bridgehead atoms. The standard InChI is InChI=1S/C19H11ClN4OS/c1-11-2-4-12(5-3-11)18-23-24-19(25-18)26-17-8-13(10-21)15-9-14(20)6-7-16(15)22-17/h2-9H,1H3. The highest BCUT2D eigenvalue weighted by Gasteiger charge is 2.13. The average molecular weight is 379 g/mol. The van der Waals surface area contributed by atoms with Crippen LogP contribution in [0, 0.1) is 18.3 Å². The molecule has 126 valence electrons. The number of aryl methyl sites for hydroxylation is 1. The minimum absolute atomic E-state index is 0.366. The molecule has 4 aromatic rings. The molecule has 0 fully saturated rings. The van der Waals surface area contributed by atoms with Crippen molar-refractivity contribution in [1.82, 2.24) is 15.2 Å². The van der Waals surface area contributed by atoms with Crippen LogP contribution in [0.25, 0.3) is 22.4 Å². The maximum atomic E-state index is 9.41. The van der Waals surface area contributed by atoms with E-state index in [0.29, 0.717) is 32.2 Å². The summed E-state index contributed by atoms with van der Waals surface area (Å²) in [4.78, 5) is 4.54. The van der Waals surface area contributed by atoms with E-state index in [2.05, 4.69) is 21.3 Å². The highest BCUT2D eigenvalue weighted by atomic mass is 35.5. The largest absolute Gasteiger partial charge is 0.411 e. The Kier molecular flexibility index (Phi) is 4.33. The molecule has 7 heteroatoms. The van der Waals surface area contributed by atoms with E-state index in [-0.39, 0.29) is 0 Å². The molecular formula is C19H11ClN4OS. The Morgan fingerprint density at radius 2 is 1.88 bits per heavy atom. The molecule has 0 aliphatic carbocycles. The normalized spacial score (nSPS) is 10.8. The maximum Gasteiger partial charge on any atom is 0.283 e. The Hall–Kier alpha value is -2.88. The zero-order valence-corrected chi connectivity index (χ0v) is 15.2. The minimum atomic E-state index is 0.366. The lowest BCUT2D eigenvalue weighted by Crippen LogP contribution is -1.88. The molecule has 2 aromatic carbocycles. The van der Waals surface area contributed by atoms with Crippen molar-refractivity contribution >= 4 is 34.3 Å². The van der Waals surface area contributed by atoms with Crippen LogP contribution >= 0.6 is 23.4 Å². The summed E-state index contributed by atoms with van der Waals surface area (Å²) in [5.41, 5.74) is 3.20. The molecule has 0 N–H and O–H groups in total. The average Bonchev–Trinajstić information content (AvgIpc) is 3.10. The molecule has 2 aromatic heterocycles. The number of nitrogens with zero attached hydrogens (tertiary/aromatic N) is 4. The predicted molar refractivity (Wildman–Crippen MR) is 100 cm³/mol. The van der Waals surface area contributed by atoms with Gasteiger partial charge in [0.2, 0.25) is 5.89 Å². The number of benzene rings is 2. The van der Waals surface area contributed by atoms with Gasteiger partial charge in [-0.25, -0.2) is 4.98 Å². The van der Waals surface area contributed by atoms with Gasteiger partial charge in [0.1, 0.15) is 5.03 Å². The third-order valence-corrected chi connectivity index (χ3v) is 4.76. The molecule has 2 heterocycles. The van der Waals surface area contributed by atoms with Gasteiger partial charge in [0, 0.05) is 16.0 Å². The van der Waals surface area contributed by atoms with Crippen molar-refractivity contribution in [3.63, 3.8) is 0 Å². The fraction of sp³-hybridized carbons (Fsp3) is 0.0526. The van der Waals surface area contributed by atoms with Gasteiger partial charge in [0.25, 0.3) is 5.22 Å². The number of hydrogen-bond donors (Lipinski definition) is 0. The molecule has 26 heavy (non-hydrogen) atoms. The molecule has 0 amide bonds. The number of hydrogen-bond acceptors (Lipinski definition) is 6. The number of rotatable bonds is 3. The molecule has 0 aliphatic rings. The highest BCUT2D eigenvalue weighted by molar-refractivity contribution is 7.99. The van der Waals surface area contributed by atoms with E-state index in [1.807, 2.05) is 31.2 Å². The van der Waals surface area contributed by atoms with E-state index in [9.17, 15) is 5.26 Å². The number of halogens is 1. The maximum absolute atomic E-state index is 9.41. The summed E-state index contributed by atoms with van der Waals surface area (Å²) in [5, 5.41) is 19.8. The second-order valence-electron chi connectivity index (χ2n) is 5.62.